The number of aromatic nitrogens is 2. The Balaban J connectivity index is 2.00. The van der Waals surface area contributed by atoms with Crippen LogP contribution >= 0.6 is 22.9 Å². The zero-order valence-corrected chi connectivity index (χ0v) is 12.9. The molecule has 3 nitrogen and oxygen atoms in total. The summed E-state index contributed by atoms with van der Waals surface area (Å²) < 4.78 is 0. The fraction of sp³-hybridized carbons (Fsp3) is 0.200. The van der Waals surface area contributed by atoms with Gasteiger partial charge < -0.3 is 4.90 Å². The third kappa shape index (κ3) is 2.62. The smallest absolute Gasteiger partial charge is 0.225 e. The molecule has 2 heterocycles. The predicted molar refractivity (Wildman–Crippen MR) is 85.7 cm³/mol. The van der Waals surface area contributed by atoms with Crippen LogP contribution in [0.1, 0.15) is 10.4 Å². The van der Waals surface area contributed by atoms with Gasteiger partial charge in [-0.25, -0.2) is 4.98 Å². The number of aryl methyl sites for hydroxylation is 1. The SMILES string of the molecule is Cc1cc2c(N(C)Cc3ccccc3)nc(Cl)nc2s1. The van der Waals surface area contributed by atoms with Gasteiger partial charge in [-0.2, -0.15) is 4.98 Å². The van der Waals surface area contributed by atoms with Crippen LogP contribution in [0.15, 0.2) is 36.4 Å². The zero-order valence-electron chi connectivity index (χ0n) is 11.3. The van der Waals surface area contributed by atoms with Crippen molar-refractivity contribution < 1.29 is 0 Å². The van der Waals surface area contributed by atoms with Gasteiger partial charge in [0.05, 0.1) is 5.39 Å². The highest BCUT2D eigenvalue weighted by Gasteiger charge is 2.13. The summed E-state index contributed by atoms with van der Waals surface area (Å²) in [6.07, 6.45) is 0. The quantitative estimate of drug-likeness (QED) is 0.676. The normalized spacial score (nSPS) is 10.9. The summed E-state index contributed by atoms with van der Waals surface area (Å²) in [5, 5.41) is 1.37. The van der Waals surface area contributed by atoms with Crippen LogP contribution in [0.4, 0.5) is 5.82 Å². The summed E-state index contributed by atoms with van der Waals surface area (Å²) >= 11 is 7.68. The van der Waals surface area contributed by atoms with Crippen molar-refractivity contribution in [2.45, 2.75) is 13.5 Å². The molecule has 102 valence electrons. The topological polar surface area (TPSA) is 29.0 Å². The van der Waals surface area contributed by atoms with Gasteiger partial charge in [-0.05, 0) is 30.2 Å². The molecule has 3 rings (SSSR count). The second-order valence-corrected chi connectivity index (χ2v) is 6.31. The van der Waals surface area contributed by atoms with Crippen LogP contribution in [-0.2, 0) is 6.54 Å². The van der Waals surface area contributed by atoms with Gasteiger partial charge in [-0.3, -0.25) is 0 Å². The molecule has 0 spiro atoms. The molecule has 0 fully saturated rings. The van der Waals surface area contributed by atoms with Gasteiger partial charge in [0.15, 0.2) is 0 Å². The van der Waals surface area contributed by atoms with Crippen LogP contribution in [0.5, 0.6) is 0 Å². The van der Waals surface area contributed by atoms with Crippen molar-refractivity contribution in [1.82, 2.24) is 9.97 Å². The molecule has 5 heteroatoms. The lowest BCUT2D eigenvalue weighted by Crippen LogP contribution is -2.18. The van der Waals surface area contributed by atoms with Crippen LogP contribution in [0, 0.1) is 6.92 Å². The van der Waals surface area contributed by atoms with E-state index in [0.717, 1.165) is 22.6 Å². The molecule has 0 radical (unpaired) electrons. The summed E-state index contributed by atoms with van der Waals surface area (Å²) in [6, 6.07) is 12.4. The van der Waals surface area contributed by atoms with Crippen LogP contribution in [0.2, 0.25) is 5.28 Å². The summed E-state index contributed by atoms with van der Waals surface area (Å²) in [7, 11) is 2.03. The van der Waals surface area contributed by atoms with Gasteiger partial charge in [0.25, 0.3) is 0 Å². The van der Waals surface area contributed by atoms with E-state index in [1.165, 1.54) is 10.4 Å². The third-order valence-corrected chi connectivity index (χ3v) is 4.21. The van der Waals surface area contributed by atoms with Crippen LogP contribution in [0.3, 0.4) is 0 Å². The number of thiophene rings is 1. The van der Waals surface area contributed by atoms with E-state index in [2.05, 4.69) is 40.0 Å². The number of hydrogen-bond donors (Lipinski definition) is 0. The van der Waals surface area contributed by atoms with E-state index in [0.29, 0.717) is 5.28 Å². The molecule has 0 amide bonds. The first-order valence-corrected chi connectivity index (χ1v) is 7.51. The second kappa shape index (κ2) is 5.38. The Bertz CT molecular complexity index is 739. The van der Waals surface area contributed by atoms with Crippen LogP contribution < -0.4 is 4.90 Å². The van der Waals surface area contributed by atoms with E-state index < -0.39 is 0 Å². The Hall–Kier alpha value is -1.65. The van der Waals surface area contributed by atoms with E-state index in [1.807, 2.05) is 25.2 Å². The Kier molecular flexibility index (Phi) is 3.59. The standard InChI is InChI=1S/C15H14ClN3S/c1-10-8-12-13(17-15(16)18-14(12)20-10)19(2)9-11-6-4-3-5-7-11/h3-8H,9H2,1-2H3. The number of fused-ring (bicyclic) bond motifs is 1. The number of benzene rings is 1. The monoisotopic (exact) mass is 303 g/mol. The molecule has 0 N–H and O–H groups in total. The minimum atomic E-state index is 0.300. The van der Waals surface area contributed by atoms with Crippen LogP contribution in [-0.4, -0.2) is 17.0 Å². The summed E-state index contributed by atoms with van der Waals surface area (Å²) in [5.74, 6) is 0.883. The molecular formula is C15H14ClN3S. The molecule has 0 saturated heterocycles. The molecule has 0 saturated carbocycles. The Morgan fingerprint density at radius 3 is 2.70 bits per heavy atom. The molecule has 1 aromatic carbocycles. The molecule has 20 heavy (non-hydrogen) atoms. The molecule has 0 aliphatic heterocycles. The number of anilines is 1. The van der Waals surface area contributed by atoms with Crippen molar-refractivity contribution in [3.05, 3.63) is 52.1 Å². The summed E-state index contributed by atoms with van der Waals surface area (Å²) in [6.45, 7) is 2.86. The maximum absolute atomic E-state index is 6.04. The maximum Gasteiger partial charge on any atom is 0.225 e. The maximum atomic E-state index is 6.04. The van der Waals surface area contributed by atoms with Crippen molar-refractivity contribution in [1.29, 1.82) is 0 Å². The minimum Gasteiger partial charge on any atom is -0.355 e. The van der Waals surface area contributed by atoms with Gasteiger partial charge >= 0.3 is 0 Å². The Labute approximate surface area is 126 Å². The number of halogens is 1. The third-order valence-electron chi connectivity index (χ3n) is 3.09. The Morgan fingerprint density at radius 2 is 1.95 bits per heavy atom. The molecule has 0 atom stereocenters. The van der Waals surface area contributed by atoms with Gasteiger partial charge in [0, 0.05) is 18.5 Å². The van der Waals surface area contributed by atoms with Crippen molar-refractivity contribution in [3.63, 3.8) is 0 Å². The van der Waals surface area contributed by atoms with Gasteiger partial charge in [-0.1, -0.05) is 30.3 Å². The van der Waals surface area contributed by atoms with Gasteiger partial charge in [0.1, 0.15) is 10.6 Å². The molecule has 0 bridgehead atoms. The first-order chi connectivity index (χ1) is 9.63. The zero-order chi connectivity index (χ0) is 14.1. The second-order valence-electron chi connectivity index (χ2n) is 4.73. The fourth-order valence-electron chi connectivity index (χ4n) is 2.22. The van der Waals surface area contributed by atoms with Crippen molar-refractivity contribution >= 4 is 39.0 Å². The lowest BCUT2D eigenvalue weighted by Gasteiger charge is -2.19. The highest BCUT2D eigenvalue weighted by atomic mass is 35.5. The average molecular weight is 304 g/mol. The summed E-state index contributed by atoms with van der Waals surface area (Å²) in [4.78, 5) is 13.0. The highest BCUT2D eigenvalue weighted by molar-refractivity contribution is 7.18. The van der Waals surface area contributed by atoms with Crippen molar-refractivity contribution in [2.24, 2.45) is 0 Å². The predicted octanol–water partition coefficient (Wildman–Crippen LogP) is 4.29. The van der Waals surface area contributed by atoms with Crippen molar-refractivity contribution in [2.75, 3.05) is 11.9 Å². The molecule has 0 aliphatic carbocycles. The number of nitrogens with zero attached hydrogens (tertiary/aromatic N) is 3. The summed E-state index contributed by atoms with van der Waals surface area (Å²) in [5.41, 5.74) is 1.24. The highest BCUT2D eigenvalue weighted by Crippen LogP contribution is 2.31. The molecule has 0 unspecified atom stereocenters. The van der Waals surface area contributed by atoms with E-state index >= 15 is 0 Å². The van der Waals surface area contributed by atoms with E-state index in [-0.39, 0.29) is 0 Å². The first-order valence-electron chi connectivity index (χ1n) is 6.32. The van der Waals surface area contributed by atoms with Gasteiger partial charge in [-0.15, -0.1) is 11.3 Å². The average Bonchev–Trinajstić information content (AvgIpc) is 2.78. The molecular weight excluding hydrogens is 290 g/mol. The fourth-order valence-corrected chi connectivity index (χ4v) is 3.31. The lowest BCUT2D eigenvalue weighted by molar-refractivity contribution is 0.901. The number of rotatable bonds is 3. The van der Waals surface area contributed by atoms with Crippen LogP contribution in [0.25, 0.3) is 10.2 Å². The molecule has 2 aromatic heterocycles. The van der Waals surface area contributed by atoms with Gasteiger partial charge in [0.2, 0.25) is 5.28 Å². The largest absolute Gasteiger partial charge is 0.355 e. The number of hydrogen-bond acceptors (Lipinski definition) is 4. The minimum absolute atomic E-state index is 0.300. The Morgan fingerprint density at radius 1 is 1.20 bits per heavy atom. The van der Waals surface area contributed by atoms with Crippen molar-refractivity contribution in [3.8, 4) is 0 Å². The first kappa shape index (κ1) is 13.3. The molecule has 0 aliphatic rings. The van der Waals surface area contributed by atoms with E-state index in [4.69, 9.17) is 11.6 Å². The van der Waals surface area contributed by atoms with E-state index in [9.17, 15) is 0 Å². The lowest BCUT2D eigenvalue weighted by atomic mass is 10.2. The molecule has 3 aromatic rings. The van der Waals surface area contributed by atoms with E-state index in [1.54, 1.807) is 11.3 Å².